The third kappa shape index (κ3) is 3.42. The van der Waals surface area contributed by atoms with Gasteiger partial charge >= 0.3 is 5.97 Å². The Morgan fingerprint density at radius 3 is 2.65 bits per heavy atom. The van der Waals surface area contributed by atoms with Gasteiger partial charge in [0.15, 0.2) is 0 Å². The Morgan fingerprint density at radius 2 is 2.18 bits per heavy atom. The minimum absolute atomic E-state index is 0.0752. The maximum atomic E-state index is 10.7. The number of pyridine rings is 1. The topological polar surface area (TPSA) is 126 Å². The number of hydrogen-bond donors (Lipinski definition) is 4. The molecule has 1 amide bonds. The van der Waals surface area contributed by atoms with Gasteiger partial charge in [-0.1, -0.05) is 0 Å². The molecule has 0 aromatic carbocycles. The highest BCUT2D eigenvalue weighted by molar-refractivity contribution is 5.89. The molecule has 1 heterocycles. The number of anilines is 1. The van der Waals surface area contributed by atoms with Crippen molar-refractivity contribution in [1.29, 1.82) is 0 Å². The number of hydrogen-bond acceptors (Lipinski definition) is 5. The lowest BCUT2D eigenvalue weighted by molar-refractivity contribution is -0.125. The lowest BCUT2D eigenvalue weighted by Gasteiger charge is -2.10. The number of aromatic nitrogens is 1. The van der Waals surface area contributed by atoms with Crippen LogP contribution in [0.3, 0.4) is 0 Å². The molecule has 0 aliphatic heterocycles. The van der Waals surface area contributed by atoms with Gasteiger partial charge < -0.3 is 21.3 Å². The molecular formula is C10H13N3O4. The van der Waals surface area contributed by atoms with Gasteiger partial charge in [-0.25, -0.2) is 9.78 Å². The maximum Gasteiger partial charge on any atom is 0.337 e. The van der Waals surface area contributed by atoms with Gasteiger partial charge in [-0.15, -0.1) is 0 Å². The fraction of sp³-hybridized carbons (Fsp3) is 0.300. The van der Waals surface area contributed by atoms with E-state index >= 15 is 0 Å². The summed E-state index contributed by atoms with van der Waals surface area (Å²) in [6.45, 7) is 1.48. The van der Waals surface area contributed by atoms with Crippen molar-refractivity contribution < 1.29 is 19.8 Å². The second-order valence-electron chi connectivity index (χ2n) is 3.43. The summed E-state index contributed by atoms with van der Waals surface area (Å²) in [7, 11) is 0. The van der Waals surface area contributed by atoms with E-state index in [1.807, 2.05) is 0 Å². The lowest BCUT2D eigenvalue weighted by Crippen LogP contribution is -2.34. The van der Waals surface area contributed by atoms with Crippen LogP contribution in [0.5, 0.6) is 0 Å². The Labute approximate surface area is 97.3 Å². The van der Waals surface area contributed by atoms with Crippen molar-refractivity contribution in [2.75, 3.05) is 11.9 Å². The summed E-state index contributed by atoms with van der Waals surface area (Å²) < 4.78 is 0. The highest BCUT2D eigenvalue weighted by atomic mass is 16.4. The average molecular weight is 239 g/mol. The molecule has 1 rings (SSSR count). The van der Waals surface area contributed by atoms with E-state index in [9.17, 15) is 9.59 Å². The summed E-state index contributed by atoms with van der Waals surface area (Å²) in [6, 6.07) is 2.84. The number of carboxylic acid groups (broad SMARTS) is 1. The SMILES string of the molecule is Cc1nc(NCC(O)C(N)=O)ccc1C(=O)O. The average Bonchev–Trinajstić information content (AvgIpc) is 2.25. The molecule has 0 fully saturated rings. The number of aryl methyl sites for hydroxylation is 1. The first-order valence-electron chi connectivity index (χ1n) is 4.84. The molecule has 0 aliphatic rings. The monoisotopic (exact) mass is 239 g/mol. The Bertz CT molecular complexity index is 447. The van der Waals surface area contributed by atoms with Crippen molar-refractivity contribution in [3.8, 4) is 0 Å². The van der Waals surface area contributed by atoms with E-state index in [2.05, 4.69) is 10.3 Å². The van der Waals surface area contributed by atoms with E-state index < -0.39 is 18.0 Å². The third-order valence-corrected chi connectivity index (χ3v) is 2.12. The zero-order valence-corrected chi connectivity index (χ0v) is 9.17. The van der Waals surface area contributed by atoms with Gasteiger partial charge in [-0.05, 0) is 19.1 Å². The molecule has 0 saturated heterocycles. The van der Waals surface area contributed by atoms with Crippen LogP contribution in [0.25, 0.3) is 0 Å². The number of nitrogens with one attached hydrogen (secondary N) is 1. The molecule has 0 radical (unpaired) electrons. The summed E-state index contributed by atoms with van der Waals surface area (Å²) in [5.41, 5.74) is 5.31. The van der Waals surface area contributed by atoms with Crippen LogP contribution in [-0.2, 0) is 4.79 Å². The van der Waals surface area contributed by atoms with E-state index in [0.29, 0.717) is 11.5 Å². The van der Waals surface area contributed by atoms with Gasteiger partial charge in [0, 0.05) is 0 Å². The van der Waals surface area contributed by atoms with Crippen LogP contribution in [0, 0.1) is 6.92 Å². The molecule has 92 valence electrons. The predicted octanol–water partition coefficient (Wildman–Crippen LogP) is -0.654. The Morgan fingerprint density at radius 1 is 1.53 bits per heavy atom. The molecule has 7 heteroatoms. The number of aliphatic hydroxyl groups excluding tert-OH is 1. The van der Waals surface area contributed by atoms with Crippen molar-refractivity contribution in [2.45, 2.75) is 13.0 Å². The quantitative estimate of drug-likeness (QED) is 0.540. The number of rotatable bonds is 5. The molecule has 1 aromatic heterocycles. The van der Waals surface area contributed by atoms with Crippen LogP contribution in [0.15, 0.2) is 12.1 Å². The Balaban J connectivity index is 2.71. The summed E-state index contributed by atoms with van der Waals surface area (Å²) in [6.07, 6.45) is -1.31. The van der Waals surface area contributed by atoms with Gasteiger partial charge in [-0.3, -0.25) is 4.79 Å². The van der Waals surface area contributed by atoms with E-state index in [1.165, 1.54) is 12.1 Å². The van der Waals surface area contributed by atoms with Crippen LogP contribution >= 0.6 is 0 Å². The standard InChI is InChI=1S/C10H13N3O4/c1-5-6(10(16)17)2-3-8(13-5)12-4-7(14)9(11)15/h2-3,7,14H,4H2,1H3,(H2,11,15)(H,12,13)(H,16,17). The fourth-order valence-electron chi connectivity index (χ4n) is 1.19. The van der Waals surface area contributed by atoms with Crippen molar-refractivity contribution in [3.05, 3.63) is 23.4 Å². The first-order valence-corrected chi connectivity index (χ1v) is 4.84. The molecular weight excluding hydrogens is 226 g/mol. The minimum Gasteiger partial charge on any atom is -0.478 e. The van der Waals surface area contributed by atoms with Gasteiger partial charge in [0.25, 0.3) is 0 Å². The van der Waals surface area contributed by atoms with E-state index in [0.717, 1.165) is 0 Å². The number of primary amides is 1. The van der Waals surface area contributed by atoms with Crippen LogP contribution in [0.2, 0.25) is 0 Å². The largest absolute Gasteiger partial charge is 0.478 e. The number of nitrogens with zero attached hydrogens (tertiary/aromatic N) is 1. The molecule has 5 N–H and O–H groups in total. The number of carboxylic acids is 1. The second kappa shape index (κ2) is 5.26. The molecule has 17 heavy (non-hydrogen) atoms. The molecule has 0 spiro atoms. The third-order valence-electron chi connectivity index (χ3n) is 2.12. The van der Waals surface area contributed by atoms with E-state index in [-0.39, 0.29) is 12.1 Å². The number of carbonyl (C=O) groups excluding carboxylic acids is 1. The maximum absolute atomic E-state index is 10.7. The van der Waals surface area contributed by atoms with Crippen LogP contribution in [0.4, 0.5) is 5.82 Å². The fourth-order valence-corrected chi connectivity index (χ4v) is 1.19. The summed E-state index contributed by atoms with van der Waals surface area (Å²) in [5.74, 6) is -1.53. The second-order valence-corrected chi connectivity index (χ2v) is 3.43. The first kappa shape index (κ1) is 12.9. The Kier molecular flexibility index (Phi) is 4.00. The highest BCUT2D eigenvalue weighted by Gasteiger charge is 2.12. The van der Waals surface area contributed by atoms with Crippen LogP contribution in [-0.4, -0.2) is 39.7 Å². The zero-order chi connectivity index (χ0) is 13.0. The zero-order valence-electron chi connectivity index (χ0n) is 9.17. The van der Waals surface area contributed by atoms with Gasteiger partial charge in [0.2, 0.25) is 5.91 Å². The van der Waals surface area contributed by atoms with Gasteiger partial charge in [0.05, 0.1) is 17.8 Å². The van der Waals surface area contributed by atoms with Crippen LogP contribution < -0.4 is 11.1 Å². The molecule has 0 aliphatic carbocycles. The molecule has 0 bridgehead atoms. The smallest absolute Gasteiger partial charge is 0.337 e. The molecule has 0 saturated carbocycles. The Hall–Kier alpha value is -2.15. The highest BCUT2D eigenvalue weighted by Crippen LogP contribution is 2.10. The minimum atomic E-state index is -1.31. The van der Waals surface area contributed by atoms with Crippen molar-refractivity contribution in [3.63, 3.8) is 0 Å². The summed E-state index contributed by atoms with van der Waals surface area (Å²) >= 11 is 0. The van der Waals surface area contributed by atoms with Crippen molar-refractivity contribution in [1.82, 2.24) is 4.98 Å². The summed E-state index contributed by atoms with van der Waals surface area (Å²) in [5, 5.41) is 20.6. The van der Waals surface area contributed by atoms with Crippen molar-refractivity contribution >= 4 is 17.7 Å². The number of carbonyl (C=O) groups is 2. The van der Waals surface area contributed by atoms with Gasteiger partial charge in [0.1, 0.15) is 11.9 Å². The molecule has 1 unspecified atom stereocenters. The number of aromatic carboxylic acids is 1. The predicted molar refractivity (Wildman–Crippen MR) is 59.6 cm³/mol. The molecule has 7 nitrogen and oxygen atoms in total. The normalized spacial score (nSPS) is 11.9. The van der Waals surface area contributed by atoms with E-state index in [1.54, 1.807) is 6.92 Å². The number of amides is 1. The van der Waals surface area contributed by atoms with Crippen LogP contribution in [0.1, 0.15) is 16.1 Å². The van der Waals surface area contributed by atoms with Gasteiger partial charge in [-0.2, -0.15) is 0 Å². The first-order chi connectivity index (χ1) is 7.91. The summed E-state index contributed by atoms with van der Waals surface area (Å²) in [4.78, 5) is 25.3. The van der Waals surface area contributed by atoms with Crippen molar-refractivity contribution in [2.24, 2.45) is 5.73 Å². The van der Waals surface area contributed by atoms with E-state index in [4.69, 9.17) is 15.9 Å². The lowest BCUT2D eigenvalue weighted by atomic mass is 10.2. The number of aliphatic hydroxyl groups is 1. The molecule has 1 atom stereocenters. The molecule has 1 aromatic rings. The number of nitrogens with two attached hydrogens (primary N) is 1.